The van der Waals surface area contributed by atoms with Crippen LogP contribution in [0.1, 0.15) is 32.6 Å². The number of methoxy groups -OCH3 is 1. The fraction of sp³-hybridized carbons (Fsp3) is 0.700. The molecular formula is C10H16O2. The van der Waals surface area contributed by atoms with Gasteiger partial charge in [0.25, 0.3) is 0 Å². The van der Waals surface area contributed by atoms with Crippen molar-refractivity contribution in [1.82, 2.24) is 0 Å². The number of rotatable bonds is 6. The van der Waals surface area contributed by atoms with E-state index in [4.69, 9.17) is 11.2 Å². The van der Waals surface area contributed by atoms with E-state index >= 15 is 0 Å². The molecule has 1 atom stereocenters. The maximum atomic E-state index is 10.6. The molecule has 2 nitrogen and oxygen atoms in total. The van der Waals surface area contributed by atoms with Gasteiger partial charge in [0.1, 0.15) is 5.78 Å². The fourth-order valence-corrected chi connectivity index (χ4v) is 1.01. The molecule has 0 aromatic rings. The molecule has 0 aliphatic heterocycles. The number of hydrogen-bond acceptors (Lipinski definition) is 2. The summed E-state index contributed by atoms with van der Waals surface area (Å²) in [6.07, 6.45) is 8.27. The van der Waals surface area contributed by atoms with Crippen molar-refractivity contribution in [3.8, 4) is 12.3 Å². The van der Waals surface area contributed by atoms with Crippen molar-refractivity contribution in [2.45, 2.75) is 38.7 Å². The van der Waals surface area contributed by atoms with E-state index in [-0.39, 0.29) is 11.9 Å². The highest BCUT2D eigenvalue weighted by Crippen LogP contribution is 2.07. The molecule has 68 valence electrons. The molecule has 1 unspecified atom stereocenters. The topological polar surface area (TPSA) is 26.3 Å². The van der Waals surface area contributed by atoms with Crippen LogP contribution in [0.15, 0.2) is 0 Å². The van der Waals surface area contributed by atoms with Gasteiger partial charge in [0.2, 0.25) is 0 Å². The summed E-state index contributed by atoms with van der Waals surface area (Å²) in [6, 6.07) is 0. The van der Waals surface area contributed by atoms with Crippen LogP contribution in [0, 0.1) is 12.3 Å². The Morgan fingerprint density at radius 2 is 2.33 bits per heavy atom. The van der Waals surface area contributed by atoms with Gasteiger partial charge in [-0.25, -0.2) is 0 Å². The average Bonchev–Trinajstić information content (AvgIpc) is 2.02. The van der Waals surface area contributed by atoms with E-state index in [1.807, 2.05) is 0 Å². The molecule has 0 bridgehead atoms. The summed E-state index contributed by atoms with van der Waals surface area (Å²) in [6.45, 7) is 1.60. The Morgan fingerprint density at radius 1 is 1.67 bits per heavy atom. The van der Waals surface area contributed by atoms with Crippen LogP contribution in [0.2, 0.25) is 0 Å². The minimum absolute atomic E-state index is 0.120. The number of ketones is 1. The number of carbonyl (C=O) groups excluding carboxylic acids is 1. The van der Waals surface area contributed by atoms with Crippen LogP contribution in [0.3, 0.4) is 0 Å². The molecule has 0 fully saturated rings. The molecule has 0 aliphatic rings. The highest BCUT2D eigenvalue weighted by atomic mass is 16.5. The van der Waals surface area contributed by atoms with Gasteiger partial charge in [-0.1, -0.05) is 0 Å². The second kappa shape index (κ2) is 6.87. The van der Waals surface area contributed by atoms with Crippen LogP contribution in [0.5, 0.6) is 0 Å². The maximum absolute atomic E-state index is 10.6. The third-order valence-electron chi connectivity index (χ3n) is 1.73. The summed E-state index contributed by atoms with van der Waals surface area (Å²) in [5, 5.41) is 0. The first kappa shape index (κ1) is 11.2. The summed E-state index contributed by atoms with van der Waals surface area (Å²) in [5.74, 6) is 2.77. The highest BCUT2D eigenvalue weighted by molar-refractivity contribution is 5.75. The predicted molar refractivity (Wildman–Crippen MR) is 48.8 cm³/mol. The van der Waals surface area contributed by atoms with Gasteiger partial charge in [-0.15, -0.1) is 12.3 Å². The van der Waals surface area contributed by atoms with E-state index in [0.29, 0.717) is 12.8 Å². The van der Waals surface area contributed by atoms with Gasteiger partial charge in [-0.05, 0) is 19.8 Å². The third kappa shape index (κ3) is 5.94. The molecule has 0 heterocycles. The van der Waals surface area contributed by atoms with Gasteiger partial charge in [0.15, 0.2) is 0 Å². The average molecular weight is 168 g/mol. The van der Waals surface area contributed by atoms with Crippen molar-refractivity contribution in [3.05, 3.63) is 0 Å². The van der Waals surface area contributed by atoms with Crippen LogP contribution < -0.4 is 0 Å². The van der Waals surface area contributed by atoms with Crippen molar-refractivity contribution in [1.29, 1.82) is 0 Å². The first-order valence-corrected chi connectivity index (χ1v) is 4.16. The summed E-state index contributed by atoms with van der Waals surface area (Å²) < 4.78 is 5.12. The second-order valence-corrected chi connectivity index (χ2v) is 2.86. The molecule has 0 aliphatic carbocycles. The Balaban J connectivity index is 3.45. The van der Waals surface area contributed by atoms with Gasteiger partial charge >= 0.3 is 0 Å². The largest absolute Gasteiger partial charge is 0.380 e. The SMILES string of the molecule is C#CCC(CCCC(C)=O)OC. The molecule has 0 saturated carbocycles. The summed E-state index contributed by atoms with van der Waals surface area (Å²) >= 11 is 0. The first-order valence-electron chi connectivity index (χ1n) is 4.16. The molecule has 2 heteroatoms. The van der Waals surface area contributed by atoms with Crippen molar-refractivity contribution in [2.24, 2.45) is 0 Å². The van der Waals surface area contributed by atoms with Crippen LogP contribution in [-0.2, 0) is 9.53 Å². The number of terminal acetylenes is 1. The van der Waals surface area contributed by atoms with Gasteiger partial charge in [0.05, 0.1) is 6.10 Å². The lowest BCUT2D eigenvalue weighted by atomic mass is 10.1. The standard InChI is InChI=1S/C10H16O2/c1-4-6-10(12-3)8-5-7-9(2)11/h1,10H,5-8H2,2-3H3. The number of hydrogen-bond donors (Lipinski definition) is 0. The Hall–Kier alpha value is -0.810. The molecule has 0 saturated heterocycles. The maximum Gasteiger partial charge on any atom is 0.129 e. The van der Waals surface area contributed by atoms with Gasteiger partial charge in [0, 0.05) is 20.0 Å². The fourth-order valence-electron chi connectivity index (χ4n) is 1.01. The zero-order chi connectivity index (χ0) is 9.40. The van der Waals surface area contributed by atoms with Crippen molar-refractivity contribution < 1.29 is 9.53 Å². The molecule has 0 N–H and O–H groups in total. The summed E-state index contributed by atoms with van der Waals surface area (Å²) in [7, 11) is 1.65. The van der Waals surface area contributed by atoms with E-state index in [9.17, 15) is 4.79 Å². The molecule has 0 spiro atoms. The molecular weight excluding hydrogens is 152 g/mol. The van der Waals surface area contributed by atoms with E-state index in [1.165, 1.54) is 0 Å². The van der Waals surface area contributed by atoms with E-state index in [2.05, 4.69) is 5.92 Å². The number of Topliss-reactive ketones (excluding diaryl/α,β-unsaturated/α-hetero) is 1. The molecule has 12 heavy (non-hydrogen) atoms. The first-order chi connectivity index (χ1) is 5.70. The minimum atomic E-state index is 0.120. The van der Waals surface area contributed by atoms with E-state index < -0.39 is 0 Å². The van der Waals surface area contributed by atoms with Crippen LogP contribution >= 0.6 is 0 Å². The summed E-state index contributed by atoms with van der Waals surface area (Å²) in [4.78, 5) is 10.6. The van der Waals surface area contributed by atoms with Crippen LogP contribution in [0.4, 0.5) is 0 Å². The van der Waals surface area contributed by atoms with Crippen LogP contribution in [-0.4, -0.2) is 19.0 Å². The number of carbonyl (C=O) groups is 1. The lowest BCUT2D eigenvalue weighted by molar-refractivity contribution is -0.117. The van der Waals surface area contributed by atoms with Gasteiger partial charge < -0.3 is 9.53 Å². The Bertz CT molecular complexity index is 167. The molecule has 0 rings (SSSR count). The lowest BCUT2D eigenvalue weighted by Crippen LogP contribution is -2.09. The number of ether oxygens (including phenoxy) is 1. The van der Waals surface area contributed by atoms with Crippen molar-refractivity contribution >= 4 is 5.78 Å². The van der Waals surface area contributed by atoms with E-state index in [1.54, 1.807) is 14.0 Å². The molecule has 0 aromatic carbocycles. The third-order valence-corrected chi connectivity index (χ3v) is 1.73. The van der Waals surface area contributed by atoms with Crippen LogP contribution in [0.25, 0.3) is 0 Å². The quantitative estimate of drug-likeness (QED) is 0.565. The highest BCUT2D eigenvalue weighted by Gasteiger charge is 2.05. The Morgan fingerprint density at radius 3 is 2.75 bits per heavy atom. The normalized spacial score (nSPS) is 12.1. The Kier molecular flexibility index (Phi) is 6.41. The zero-order valence-electron chi connectivity index (χ0n) is 7.80. The Labute approximate surface area is 74.3 Å². The van der Waals surface area contributed by atoms with Gasteiger partial charge in [-0.2, -0.15) is 0 Å². The second-order valence-electron chi connectivity index (χ2n) is 2.86. The zero-order valence-corrected chi connectivity index (χ0v) is 7.80. The molecule has 0 amide bonds. The smallest absolute Gasteiger partial charge is 0.129 e. The monoisotopic (exact) mass is 168 g/mol. The minimum Gasteiger partial charge on any atom is -0.380 e. The lowest BCUT2D eigenvalue weighted by Gasteiger charge is -2.10. The van der Waals surface area contributed by atoms with Crippen molar-refractivity contribution in [3.63, 3.8) is 0 Å². The molecule has 0 aromatic heterocycles. The predicted octanol–water partition coefficient (Wildman–Crippen LogP) is 1.78. The van der Waals surface area contributed by atoms with Gasteiger partial charge in [-0.3, -0.25) is 0 Å². The van der Waals surface area contributed by atoms with Crippen molar-refractivity contribution in [2.75, 3.05) is 7.11 Å². The van der Waals surface area contributed by atoms with E-state index in [0.717, 1.165) is 12.8 Å². The molecule has 0 radical (unpaired) electrons. The summed E-state index contributed by atoms with van der Waals surface area (Å²) in [5.41, 5.74) is 0.